The van der Waals surface area contributed by atoms with Gasteiger partial charge in [0.15, 0.2) is 0 Å². The molecule has 100 valence electrons. The molecule has 2 aromatic carbocycles. The minimum Gasteiger partial charge on any atom is -0.418 e. The van der Waals surface area contributed by atoms with Crippen molar-refractivity contribution in [3.63, 3.8) is 0 Å². The van der Waals surface area contributed by atoms with Crippen LogP contribution in [0, 0.1) is 0 Å². The molecule has 1 atom stereocenters. The summed E-state index contributed by atoms with van der Waals surface area (Å²) in [7, 11) is 0. The molecule has 0 aliphatic rings. The predicted octanol–water partition coefficient (Wildman–Crippen LogP) is 3.91. The van der Waals surface area contributed by atoms with Crippen molar-refractivity contribution in [3.05, 3.63) is 66.6 Å². The lowest BCUT2D eigenvalue weighted by Crippen LogP contribution is -2.06. The second kappa shape index (κ2) is 5.57. The summed E-state index contributed by atoms with van der Waals surface area (Å²) < 4.78 is 5.72. The molecule has 0 saturated carbocycles. The van der Waals surface area contributed by atoms with Gasteiger partial charge in [0.1, 0.15) is 6.04 Å². The highest BCUT2D eigenvalue weighted by Gasteiger charge is 2.14. The number of para-hydroxylation sites is 1. The van der Waals surface area contributed by atoms with Crippen molar-refractivity contribution in [2.75, 3.05) is 5.32 Å². The number of hydrogen-bond acceptors (Lipinski definition) is 4. The van der Waals surface area contributed by atoms with Gasteiger partial charge < -0.3 is 9.73 Å². The Labute approximate surface area is 117 Å². The third-order valence-corrected chi connectivity index (χ3v) is 2.99. The molecule has 20 heavy (non-hydrogen) atoms. The Bertz CT molecular complexity index is 664. The first kappa shape index (κ1) is 12.4. The van der Waals surface area contributed by atoms with Crippen molar-refractivity contribution in [1.82, 2.24) is 10.2 Å². The topological polar surface area (TPSA) is 51.0 Å². The van der Waals surface area contributed by atoms with Crippen LogP contribution in [-0.4, -0.2) is 10.2 Å². The zero-order chi connectivity index (χ0) is 13.8. The molecule has 0 saturated heterocycles. The number of rotatable bonds is 4. The van der Waals surface area contributed by atoms with E-state index in [1.165, 1.54) is 0 Å². The second-order valence-electron chi connectivity index (χ2n) is 4.54. The molecule has 0 fully saturated rings. The Morgan fingerprint density at radius 3 is 2.25 bits per heavy atom. The van der Waals surface area contributed by atoms with Crippen LogP contribution in [0.15, 0.2) is 65.1 Å². The van der Waals surface area contributed by atoms with Gasteiger partial charge in [-0.25, -0.2) is 0 Å². The molecule has 1 heterocycles. The lowest BCUT2D eigenvalue weighted by atomic mass is 10.2. The lowest BCUT2D eigenvalue weighted by molar-refractivity contribution is 0.485. The van der Waals surface area contributed by atoms with Crippen molar-refractivity contribution >= 4 is 5.69 Å². The fourth-order valence-corrected chi connectivity index (χ4v) is 1.95. The van der Waals surface area contributed by atoms with Crippen LogP contribution in [-0.2, 0) is 0 Å². The summed E-state index contributed by atoms with van der Waals surface area (Å²) in [5.41, 5.74) is 1.96. The van der Waals surface area contributed by atoms with Gasteiger partial charge in [-0.1, -0.05) is 36.4 Å². The predicted molar refractivity (Wildman–Crippen MR) is 78.2 cm³/mol. The van der Waals surface area contributed by atoms with Crippen LogP contribution in [0.2, 0.25) is 0 Å². The smallest absolute Gasteiger partial charge is 0.247 e. The highest BCUT2D eigenvalue weighted by Crippen LogP contribution is 2.22. The quantitative estimate of drug-likeness (QED) is 0.777. The lowest BCUT2D eigenvalue weighted by Gasteiger charge is -2.10. The van der Waals surface area contributed by atoms with Crippen LogP contribution in [0.4, 0.5) is 5.69 Å². The summed E-state index contributed by atoms with van der Waals surface area (Å²) in [4.78, 5) is 0. The van der Waals surface area contributed by atoms with Gasteiger partial charge in [-0.3, -0.25) is 0 Å². The Balaban J connectivity index is 1.77. The van der Waals surface area contributed by atoms with Crippen LogP contribution < -0.4 is 5.32 Å². The average molecular weight is 265 g/mol. The minimum absolute atomic E-state index is 0.0395. The van der Waals surface area contributed by atoms with Gasteiger partial charge in [0.05, 0.1) is 0 Å². The SMILES string of the molecule is C[C@H](Nc1ccccc1)c1nnc(-c2ccccc2)o1. The van der Waals surface area contributed by atoms with E-state index < -0.39 is 0 Å². The molecular weight excluding hydrogens is 250 g/mol. The Morgan fingerprint density at radius 2 is 1.55 bits per heavy atom. The Kier molecular flexibility index (Phi) is 3.46. The number of hydrogen-bond donors (Lipinski definition) is 1. The molecule has 1 aromatic heterocycles. The molecule has 4 nitrogen and oxygen atoms in total. The standard InChI is InChI=1S/C16H15N3O/c1-12(17-14-10-6-3-7-11-14)15-18-19-16(20-15)13-8-4-2-5-9-13/h2-12,17H,1H3/t12-/m0/s1. The number of aromatic nitrogens is 2. The van der Waals surface area contributed by atoms with Crippen LogP contribution in [0.3, 0.4) is 0 Å². The summed E-state index contributed by atoms with van der Waals surface area (Å²) in [6.45, 7) is 2.00. The zero-order valence-electron chi connectivity index (χ0n) is 11.2. The van der Waals surface area contributed by atoms with Gasteiger partial charge in [-0.15, -0.1) is 10.2 Å². The Hall–Kier alpha value is -2.62. The molecule has 1 N–H and O–H groups in total. The second-order valence-corrected chi connectivity index (χ2v) is 4.54. The fraction of sp³-hybridized carbons (Fsp3) is 0.125. The number of anilines is 1. The van der Waals surface area contributed by atoms with E-state index in [0.717, 1.165) is 11.3 Å². The van der Waals surface area contributed by atoms with Gasteiger partial charge in [-0.05, 0) is 31.2 Å². The molecule has 3 rings (SSSR count). The zero-order valence-corrected chi connectivity index (χ0v) is 11.2. The molecular formula is C16H15N3O. The maximum absolute atomic E-state index is 5.72. The molecule has 0 aliphatic carbocycles. The largest absolute Gasteiger partial charge is 0.418 e. The first-order chi connectivity index (χ1) is 9.83. The van der Waals surface area contributed by atoms with E-state index >= 15 is 0 Å². The van der Waals surface area contributed by atoms with Crippen molar-refractivity contribution in [3.8, 4) is 11.5 Å². The van der Waals surface area contributed by atoms with Crippen molar-refractivity contribution in [2.24, 2.45) is 0 Å². The van der Waals surface area contributed by atoms with E-state index in [1.54, 1.807) is 0 Å². The van der Waals surface area contributed by atoms with Gasteiger partial charge in [0, 0.05) is 11.3 Å². The third-order valence-electron chi connectivity index (χ3n) is 2.99. The molecule has 0 unspecified atom stereocenters. The van der Waals surface area contributed by atoms with Crippen LogP contribution >= 0.6 is 0 Å². The van der Waals surface area contributed by atoms with Crippen molar-refractivity contribution < 1.29 is 4.42 Å². The van der Waals surface area contributed by atoms with Crippen LogP contribution in [0.25, 0.3) is 11.5 Å². The van der Waals surface area contributed by atoms with Crippen molar-refractivity contribution in [1.29, 1.82) is 0 Å². The van der Waals surface area contributed by atoms with E-state index in [2.05, 4.69) is 15.5 Å². The van der Waals surface area contributed by atoms with Crippen LogP contribution in [0.5, 0.6) is 0 Å². The first-order valence-electron chi connectivity index (χ1n) is 6.53. The molecule has 3 aromatic rings. The van der Waals surface area contributed by atoms with E-state index in [0.29, 0.717) is 11.8 Å². The maximum atomic E-state index is 5.72. The maximum Gasteiger partial charge on any atom is 0.247 e. The van der Waals surface area contributed by atoms with Gasteiger partial charge >= 0.3 is 0 Å². The first-order valence-corrected chi connectivity index (χ1v) is 6.53. The van der Waals surface area contributed by atoms with Gasteiger partial charge in [-0.2, -0.15) is 0 Å². The summed E-state index contributed by atoms with van der Waals surface area (Å²) in [5, 5.41) is 11.5. The van der Waals surface area contributed by atoms with E-state index in [4.69, 9.17) is 4.42 Å². The van der Waals surface area contributed by atoms with Gasteiger partial charge in [0.25, 0.3) is 0 Å². The fourth-order valence-electron chi connectivity index (χ4n) is 1.95. The number of benzene rings is 2. The summed E-state index contributed by atoms with van der Waals surface area (Å²) in [6, 6.07) is 19.7. The van der Waals surface area contributed by atoms with E-state index in [-0.39, 0.29) is 6.04 Å². The summed E-state index contributed by atoms with van der Waals surface area (Å²) in [6.07, 6.45) is 0. The number of nitrogens with zero attached hydrogens (tertiary/aromatic N) is 2. The molecule has 0 amide bonds. The number of nitrogens with one attached hydrogen (secondary N) is 1. The monoisotopic (exact) mass is 265 g/mol. The summed E-state index contributed by atoms with van der Waals surface area (Å²) in [5.74, 6) is 1.12. The summed E-state index contributed by atoms with van der Waals surface area (Å²) >= 11 is 0. The molecule has 0 bridgehead atoms. The van der Waals surface area contributed by atoms with Gasteiger partial charge in [0.2, 0.25) is 11.8 Å². The third kappa shape index (κ3) is 2.69. The minimum atomic E-state index is -0.0395. The molecule has 0 aliphatic heterocycles. The highest BCUT2D eigenvalue weighted by atomic mass is 16.4. The molecule has 4 heteroatoms. The average Bonchev–Trinajstić information content (AvgIpc) is 2.99. The molecule has 0 radical (unpaired) electrons. The normalized spacial score (nSPS) is 12.1. The highest BCUT2D eigenvalue weighted by molar-refractivity contribution is 5.52. The van der Waals surface area contributed by atoms with E-state index in [1.807, 2.05) is 67.6 Å². The molecule has 0 spiro atoms. The van der Waals surface area contributed by atoms with Crippen LogP contribution in [0.1, 0.15) is 18.9 Å². The van der Waals surface area contributed by atoms with E-state index in [9.17, 15) is 0 Å². The van der Waals surface area contributed by atoms with Crippen molar-refractivity contribution in [2.45, 2.75) is 13.0 Å². The Morgan fingerprint density at radius 1 is 0.900 bits per heavy atom.